The molecule has 0 spiro atoms. The lowest BCUT2D eigenvalue weighted by atomic mass is 9.94. The third-order valence-corrected chi connectivity index (χ3v) is 4.74. The summed E-state index contributed by atoms with van der Waals surface area (Å²) in [6.07, 6.45) is 0. The molecule has 16 heavy (non-hydrogen) atoms. The molecule has 2 aliphatic rings. The van der Waals surface area contributed by atoms with Gasteiger partial charge in [0.2, 0.25) is 5.78 Å². The van der Waals surface area contributed by atoms with E-state index in [0.717, 1.165) is 34.0 Å². The first-order valence-electron chi connectivity index (χ1n) is 5.00. The Hall–Kier alpha value is -0.870. The van der Waals surface area contributed by atoms with Gasteiger partial charge >= 0.3 is 0 Å². The van der Waals surface area contributed by atoms with E-state index in [1.54, 1.807) is 11.8 Å². The van der Waals surface area contributed by atoms with Crippen LogP contribution >= 0.6 is 27.7 Å². The maximum Gasteiger partial charge on any atom is 0.201 e. The Balaban J connectivity index is 2.30. The first kappa shape index (κ1) is 10.3. The van der Waals surface area contributed by atoms with Crippen molar-refractivity contribution in [3.63, 3.8) is 0 Å². The number of nitrogens with zero attached hydrogens (tertiary/aromatic N) is 1. The molecule has 1 aromatic carbocycles. The van der Waals surface area contributed by atoms with E-state index in [1.807, 2.05) is 24.3 Å². The number of ketones is 1. The van der Waals surface area contributed by atoms with Gasteiger partial charge < -0.3 is 0 Å². The standard InChI is InChI=1S/C12H8BrNOS/c13-9-11(15)8-4-2-1-3-7(8)10-12(9)16-6-5-14-10/h1-4H,5-6H2. The van der Waals surface area contributed by atoms with Gasteiger partial charge in [-0.2, -0.15) is 0 Å². The highest BCUT2D eigenvalue weighted by Crippen LogP contribution is 2.37. The van der Waals surface area contributed by atoms with Crippen molar-refractivity contribution in [3.05, 3.63) is 44.8 Å². The molecule has 0 atom stereocenters. The summed E-state index contributed by atoms with van der Waals surface area (Å²) in [5.74, 6) is 1.02. The third kappa shape index (κ3) is 1.40. The van der Waals surface area contributed by atoms with Crippen LogP contribution < -0.4 is 0 Å². The Kier molecular flexibility index (Phi) is 2.48. The third-order valence-electron chi connectivity index (χ3n) is 2.65. The average Bonchev–Trinajstić information content (AvgIpc) is 2.36. The molecule has 4 heteroatoms. The molecule has 0 unspecified atom stereocenters. The van der Waals surface area contributed by atoms with Crippen molar-refractivity contribution in [2.75, 3.05) is 12.3 Å². The van der Waals surface area contributed by atoms with E-state index in [4.69, 9.17) is 0 Å². The Morgan fingerprint density at radius 2 is 2.00 bits per heavy atom. The molecule has 0 radical (unpaired) electrons. The first-order valence-corrected chi connectivity index (χ1v) is 6.78. The minimum absolute atomic E-state index is 0.0685. The number of allylic oxidation sites excluding steroid dienone is 2. The molecular weight excluding hydrogens is 286 g/mol. The van der Waals surface area contributed by atoms with Gasteiger partial charge in [0.25, 0.3) is 0 Å². The second-order valence-corrected chi connectivity index (χ2v) is 5.49. The molecular formula is C12H8BrNOS. The minimum atomic E-state index is 0.0685. The molecule has 3 rings (SSSR count). The molecule has 0 bridgehead atoms. The SMILES string of the molecule is O=C1C(Br)=C2SCCN=C2c2ccccc21. The Labute approximate surface area is 106 Å². The predicted octanol–water partition coefficient (Wildman–Crippen LogP) is 3.03. The Bertz CT molecular complexity index is 548. The molecule has 2 nitrogen and oxygen atoms in total. The summed E-state index contributed by atoms with van der Waals surface area (Å²) in [4.78, 5) is 17.6. The lowest BCUT2D eigenvalue weighted by Gasteiger charge is -2.23. The number of thioether (sulfide) groups is 1. The number of halogens is 1. The Morgan fingerprint density at radius 3 is 2.81 bits per heavy atom. The summed E-state index contributed by atoms with van der Waals surface area (Å²) in [7, 11) is 0. The van der Waals surface area contributed by atoms with E-state index in [9.17, 15) is 4.79 Å². The van der Waals surface area contributed by atoms with Gasteiger partial charge in [0.15, 0.2) is 0 Å². The molecule has 0 saturated carbocycles. The molecule has 1 aromatic rings. The van der Waals surface area contributed by atoms with E-state index in [0.29, 0.717) is 4.48 Å². The van der Waals surface area contributed by atoms with Crippen LogP contribution in [-0.2, 0) is 0 Å². The summed E-state index contributed by atoms with van der Waals surface area (Å²) >= 11 is 5.10. The van der Waals surface area contributed by atoms with Crippen molar-refractivity contribution in [1.82, 2.24) is 0 Å². The molecule has 0 aromatic heterocycles. The number of carbonyl (C=O) groups is 1. The van der Waals surface area contributed by atoms with Crippen molar-refractivity contribution in [1.29, 1.82) is 0 Å². The molecule has 0 N–H and O–H groups in total. The van der Waals surface area contributed by atoms with Crippen molar-refractivity contribution in [2.45, 2.75) is 0 Å². The summed E-state index contributed by atoms with van der Waals surface area (Å²) in [5.41, 5.74) is 2.69. The first-order chi connectivity index (χ1) is 7.79. The highest BCUT2D eigenvalue weighted by molar-refractivity contribution is 9.12. The molecule has 1 heterocycles. The fourth-order valence-corrected chi connectivity index (χ4v) is 3.59. The van der Waals surface area contributed by atoms with Gasteiger partial charge in [-0.15, -0.1) is 11.8 Å². The van der Waals surface area contributed by atoms with E-state index in [1.165, 1.54) is 0 Å². The Morgan fingerprint density at radius 1 is 1.25 bits per heavy atom. The van der Waals surface area contributed by atoms with Crippen LogP contribution in [0, 0.1) is 0 Å². The topological polar surface area (TPSA) is 29.4 Å². The highest BCUT2D eigenvalue weighted by atomic mass is 79.9. The quantitative estimate of drug-likeness (QED) is 0.736. The molecule has 0 saturated heterocycles. The average molecular weight is 294 g/mol. The second kappa shape index (κ2) is 3.86. The largest absolute Gasteiger partial charge is 0.288 e. The monoisotopic (exact) mass is 293 g/mol. The zero-order valence-electron chi connectivity index (χ0n) is 8.37. The van der Waals surface area contributed by atoms with Crippen molar-refractivity contribution >= 4 is 39.2 Å². The fraction of sp³-hybridized carbons (Fsp3) is 0.167. The molecule has 0 amide bonds. The van der Waals surface area contributed by atoms with E-state index in [2.05, 4.69) is 20.9 Å². The normalized spacial score (nSPS) is 19.1. The van der Waals surface area contributed by atoms with Crippen LogP contribution in [0.15, 0.2) is 38.6 Å². The maximum absolute atomic E-state index is 12.1. The number of carbonyl (C=O) groups excluding carboxylic acids is 1. The van der Waals surface area contributed by atoms with Crippen LogP contribution in [0.3, 0.4) is 0 Å². The van der Waals surface area contributed by atoms with E-state index >= 15 is 0 Å². The smallest absolute Gasteiger partial charge is 0.201 e. The summed E-state index contributed by atoms with van der Waals surface area (Å²) in [6.45, 7) is 0.826. The lowest BCUT2D eigenvalue weighted by molar-refractivity contribution is 0.104. The number of aliphatic imine (C=N–C) groups is 1. The van der Waals surface area contributed by atoms with Crippen LogP contribution in [0.1, 0.15) is 15.9 Å². The van der Waals surface area contributed by atoms with Gasteiger partial charge in [0.05, 0.1) is 15.1 Å². The van der Waals surface area contributed by atoms with Gasteiger partial charge in [-0.3, -0.25) is 9.79 Å². The van der Waals surface area contributed by atoms with Gasteiger partial charge in [-0.25, -0.2) is 0 Å². The number of Topliss-reactive ketones (excluding diaryl/α,β-unsaturated/α-hetero) is 1. The summed E-state index contributed by atoms with van der Waals surface area (Å²) in [5, 5.41) is 0. The minimum Gasteiger partial charge on any atom is -0.288 e. The van der Waals surface area contributed by atoms with Crippen molar-refractivity contribution in [2.24, 2.45) is 4.99 Å². The number of hydrogen-bond acceptors (Lipinski definition) is 3. The van der Waals surface area contributed by atoms with Gasteiger partial charge in [-0.1, -0.05) is 24.3 Å². The number of benzene rings is 1. The van der Waals surface area contributed by atoms with Crippen LogP contribution in [0.4, 0.5) is 0 Å². The second-order valence-electron chi connectivity index (χ2n) is 3.60. The van der Waals surface area contributed by atoms with Gasteiger partial charge in [0, 0.05) is 23.4 Å². The number of hydrogen-bond donors (Lipinski definition) is 0. The lowest BCUT2D eigenvalue weighted by Crippen LogP contribution is -2.22. The number of rotatable bonds is 0. The van der Waals surface area contributed by atoms with E-state index in [-0.39, 0.29) is 5.78 Å². The molecule has 1 aliphatic heterocycles. The fourth-order valence-electron chi connectivity index (χ4n) is 1.93. The van der Waals surface area contributed by atoms with Gasteiger partial charge in [-0.05, 0) is 15.9 Å². The summed E-state index contributed by atoms with van der Waals surface area (Å²) in [6, 6.07) is 7.66. The van der Waals surface area contributed by atoms with Crippen LogP contribution in [-0.4, -0.2) is 23.8 Å². The van der Waals surface area contributed by atoms with Crippen molar-refractivity contribution in [3.8, 4) is 0 Å². The van der Waals surface area contributed by atoms with Crippen LogP contribution in [0.25, 0.3) is 0 Å². The van der Waals surface area contributed by atoms with Crippen LogP contribution in [0.2, 0.25) is 0 Å². The van der Waals surface area contributed by atoms with Crippen LogP contribution in [0.5, 0.6) is 0 Å². The molecule has 1 aliphatic carbocycles. The van der Waals surface area contributed by atoms with Crippen molar-refractivity contribution < 1.29 is 4.79 Å². The summed E-state index contributed by atoms with van der Waals surface area (Å²) < 4.78 is 0.662. The predicted molar refractivity (Wildman–Crippen MR) is 70.6 cm³/mol. The van der Waals surface area contributed by atoms with E-state index < -0.39 is 0 Å². The molecule has 0 fully saturated rings. The zero-order chi connectivity index (χ0) is 11.1. The molecule has 80 valence electrons. The maximum atomic E-state index is 12.1. The van der Waals surface area contributed by atoms with Gasteiger partial charge in [0.1, 0.15) is 0 Å². The zero-order valence-corrected chi connectivity index (χ0v) is 10.8. The highest BCUT2D eigenvalue weighted by Gasteiger charge is 2.30. The number of fused-ring (bicyclic) bond motifs is 3.